The Balaban J connectivity index is 2.31. The largest absolute Gasteiger partial charge is 0.311 e. The Hall–Kier alpha value is -0.450. The van der Waals surface area contributed by atoms with Crippen LogP contribution in [0.25, 0.3) is 0 Å². The highest BCUT2D eigenvalue weighted by Gasteiger charge is 2.03. The Morgan fingerprint density at radius 3 is 2.71 bits per heavy atom. The molecule has 0 unspecified atom stereocenters. The summed E-state index contributed by atoms with van der Waals surface area (Å²) in [4.78, 5) is 2.28. The fourth-order valence-electron chi connectivity index (χ4n) is 1.40. The highest BCUT2D eigenvalue weighted by Crippen LogP contribution is 2.17. The molecule has 2 nitrogen and oxygen atoms in total. The van der Waals surface area contributed by atoms with Crippen molar-refractivity contribution in [2.24, 2.45) is 0 Å². The first-order valence-electron chi connectivity index (χ1n) is 5.85. The average molecular weight is 303 g/mol. The van der Waals surface area contributed by atoms with Crippen LogP contribution in [0, 0.1) is 5.82 Å². The quantitative estimate of drug-likeness (QED) is 0.813. The van der Waals surface area contributed by atoms with Crippen LogP contribution in [0.5, 0.6) is 0 Å². The molecule has 0 amide bonds. The number of hydrogen-bond donors (Lipinski definition) is 1. The van der Waals surface area contributed by atoms with E-state index >= 15 is 0 Å². The van der Waals surface area contributed by atoms with E-state index in [2.05, 4.69) is 47.0 Å². The molecule has 0 radical (unpaired) electrons. The van der Waals surface area contributed by atoms with Gasteiger partial charge in [-0.2, -0.15) is 0 Å². The third-order valence-corrected chi connectivity index (χ3v) is 3.59. The molecule has 0 saturated carbocycles. The number of nitrogens with zero attached hydrogens (tertiary/aromatic N) is 1. The second-order valence-corrected chi connectivity index (χ2v) is 5.34. The third kappa shape index (κ3) is 5.15. The maximum Gasteiger partial charge on any atom is 0.124 e. The predicted octanol–water partition coefficient (Wildman–Crippen LogP) is 3.02. The summed E-state index contributed by atoms with van der Waals surface area (Å²) in [7, 11) is 2.11. The van der Waals surface area contributed by atoms with Crippen LogP contribution in [0.1, 0.15) is 19.4 Å². The molecule has 1 rings (SSSR count). The monoisotopic (exact) mass is 302 g/mol. The van der Waals surface area contributed by atoms with Crippen molar-refractivity contribution in [1.29, 1.82) is 0 Å². The van der Waals surface area contributed by atoms with Gasteiger partial charge in [0, 0.05) is 30.1 Å². The molecule has 17 heavy (non-hydrogen) atoms. The lowest BCUT2D eigenvalue weighted by molar-refractivity contribution is 0.273. The van der Waals surface area contributed by atoms with Crippen molar-refractivity contribution in [3.05, 3.63) is 34.1 Å². The van der Waals surface area contributed by atoms with E-state index in [1.54, 1.807) is 6.07 Å². The summed E-state index contributed by atoms with van der Waals surface area (Å²) in [6.07, 6.45) is 0. The fourth-order valence-corrected chi connectivity index (χ4v) is 1.89. The summed E-state index contributed by atoms with van der Waals surface area (Å²) in [5, 5.41) is 3.35. The zero-order valence-electron chi connectivity index (χ0n) is 10.6. The maximum atomic E-state index is 12.9. The van der Waals surface area contributed by atoms with Crippen LogP contribution < -0.4 is 5.32 Å². The second kappa shape index (κ2) is 7.09. The zero-order valence-corrected chi connectivity index (χ0v) is 12.2. The van der Waals surface area contributed by atoms with Crippen LogP contribution in [0.3, 0.4) is 0 Å². The molecule has 0 bridgehead atoms. The second-order valence-electron chi connectivity index (χ2n) is 4.49. The van der Waals surface area contributed by atoms with E-state index in [0.717, 1.165) is 29.7 Å². The molecule has 0 aliphatic rings. The van der Waals surface area contributed by atoms with Gasteiger partial charge in [0.2, 0.25) is 0 Å². The molecule has 1 aromatic rings. The van der Waals surface area contributed by atoms with Gasteiger partial charge in [0.1, 0.15) is 5.82 Å². The van der Waals surface area contributed by atoms with Crippen LogP contribution in [-0.2, 0) is 6.54 Å². The first-order chi connectivity index (χ1) is 8.00. The molecule has 0 heterocycles. The van der Waals surface area contributed by atoms with Gasteiger partial charge in [-0.25, -0.2) is 4.39 Å². The number of benzene rings is 1. The van der Waals surface area contributed by atoms with Crippen molar-refractivity contribution >= 4 is 15.9 Å². The van der Waals surface area contributed by atoms with Crippen LogP contribution in [0.2, 0.25) is 0 Å². The Morgan fingerprint density at radius 2 is 2.12 bits per heavy atom. The van der Waals surface area contributed by atoms with Gasteiger partial charge in [0.15, 0.2) is 0 Å². The highest BCUT2D eigenvalue weighted by molar-refractivity contribution is 9.10. The number of hydrogen-bond acceptors (Lipinski definition) is 2. The van der Waals surface area contributed by atoms with Crippen molar-refractivity contribution < 1.29 is 4.39 Å². The van der Waals surface area contributed by atoms with Gasteiger partial charge in [-0.3, -0.25) is 0 Å². The van der Waals surface area contributed by atoms with E-state index in [4.69, 9.17) is 0 Å². The summed E-state index contributed by atoms with van der Waals surface area (Å²) in [6.45, 7) is 7.05. The Labute approximate surface area is 111 Å². The highest BCUT2D eigenvalue weighted by atomic mass is 79.9. The molecule has 0 fully saturated rings. The summed E-state index contributed by atoms with van der Waals surface area (Å²) in [5.74, 6) is -0.208. The number of likely N-dealkylation sites (N-methyl/N-ethyl adjacent to an activating group) is 1. The average Bonchev–Trinajstić information content (AvgIpc) is 2.26. The molecular weight excluding hydrogens is 283 g/mol. The minimum absolute atomic E-state index is 0.208. The van der Waals surface area contributed by atoms with Gasteiger partial charge < -0.3 is 10.2 Å². The van der Waals surface area contributed by atoms with Crippen molar-refractivity contribution in [2.75, 3.05) is 20.1 Å². The normalized spacial score (nSPS) is 11.5. The molecular formula is C13H20BrFN2. The van der Waals surface area contributed by atoms with E-state index in [1.165, 1.54) is 12.1 Å². The molecule has 0 aliphatic carbocycles. The molecule has 0 saturated heterocycles. The molecule has 0 atom stereocenters. The molecule has 96 valence electrons. The lowest BCUT2D eigenvalue weighted by atomic mass is 10.2. The summed E-state index contributed by atoms with van der Waals surface area (Å²) in [5.41, 5.74) is 1.08. The number of rotatable bonds is 6. The standard InChI is InChI=1S/C13H20BrFN2/c1-10(2)17(3)7-6-16-9-11-4-5-12(15)8-13(11)14/h4-5,8,10,16H,6-7,9H2,1-3H3. The summed E-state index contributed by atoms with van der Waals surface area (Å²) in [6, 6.07) is 5.35. The van der Waals surface area contributed by atoms with Gasteiger partial charge >= 0.3 is 0 Å². The van der Waals surface area contributed by atoms with E-state index < -0.39 is 0 Å². The van der Waals surface area contributed by atoms with E-state index in [0.29, 0.717) is 6.04 Å². The molecule has 1 N–H and O–H groups in total. The van der Waals surface area contributed by atoms with Gasteiger partial charge in [-0.1, -0.05) is 22.0 Å². The van der Waals surface area contributed by atoms with Crippen LogP contribution >= 0.6 is 15.9 Å². The Kier molecular flexibility index (Phi) is 6.09. The van der Waals surface area contributed by atoms with Gasteiger partial charge in [0.05, 0.1) is 0 Å². The van der Waals surface area contributed by atoms with Gasteiger partial charge in [0.25, 0.3) is 0 Å². The Bertz CT molecular complexity index is 355. The van der Waals surface area contributed by atoms with Crippen molar-refractivity contribution in [1.82, 2.24) is 10.2 Å². The molecule has 0 spiro atoms. The number of halogens is 2. The third-order valence-electron chi connectivity index (χ3n) is 2.85. The minimum atomic E-state index is -0.208. The van der Waals surface area contributed by atoms with Crippen molar-refractivity contribution in [2.45, 2.75) is 26.4 Å². The lowest BCUT2D eigenvalue weighted by Crippen LogP contribution is -2.33. The van der Waals surface area contributed by atoms with Crippen molar-refractivity contribution in [3.8, 4) is 0 Å². The van der Waals surface area contributed by atoms with E-state index in [-0.39, 0.29) is 5.82 Å². The van der Waals surface area contributed by atoms with E-state index in [1.807, 2.05) is 0 Å². The van der Waals surface area contributed by atoms with Gasteiger partial charge in [-0.05, 0) is 38.6 Å². The first kappa shape index (κ1) is 14.6. The lowest BCUT2D eigenvalue weighted by Gasteiger charge is -2.21. The smallest absolute Gasteiger partial charge is 0.124 e. The Morgan fingerprint density at radius 1 is 1.41 bits per heavy atom. The summed E-state index contributed by atoms with van der Waals surface area (Å²) >= 11 is 3.36. The fraction of sp³-hybridized carbons (Fsp3) is 0.538. The molecule has 0 aliphatic heterocycles. The topological polar surface area (TPSA) is 15.3 Å². The zero-order chi connectivity index (χ0) is 12.8. The van der Waals surface area contributed by atoms with Crippen LogP contribution in [0.15, 0.2) is 22.7 Å². The van der Waals surface area contributed by atoms with Gasteiger partial charge in [-0.15, -0.1) is 0 Å². The number of nitrogens with one attached hydrogen (secondary N) is 1. The predicted molar refractivity (Wildman–Crippen MR) is 73.6 cm³/mol. The van der Waals surface area contributed by atoms with Crippen molar-refractivity contribution in [3.63, 3.8) is 0 Å². The SMILES string of the molecule is CC(C)N(C)CCNCc1ccc(F)cc1Br. The van der Waals surface area contributed by atoms with Crippen LogP contribution in [-0.4, -0.2) is 31.1 Å². The summed E-state index contributed by atoms with van der Waals surface area (Å²) < 4.78 is 13.7. The van der Waals surface area contributed by atoms with Crippen LogP contribution in [0.4, 0.5) is 4.39 Å². The molecule has 4 heteroatoms. The first-order valence-corrected chi connectivity index (χ1v) is 6.65. The molecule has 0 aromatic heterocycles. The molecule has 1 aromatic carbocycles. The van der Waals surface area contributed by atoms with E-state index in [9.17, 15) is 4.39 Å². The maximum absolute atomic E-state index is 12.9. The minimum Gasteiger partial charge on any atom is -0.311 e.